The molecule has 4 aromatic rings. The number of hydrogen-bond acceptors (Lipinski definition) is 3. The SMILES string of the molecule is CCc1c(-c2cc3ccc(N(C)C(=O)C(C)(C)COCc4ccccc4)cc3[nH]2)n[nH]c1CC(C)(C)C. The third-order valence-electron chi connectivity index (χ3n) is 6.72. The number of aromatic nitrogens is 3. The van der Waals surface area contributed by atoms with E-state index in [1.807, 2.05) is 63.4 Å². The molecule has 4 rings (SSSR count). The number of benzene rings is 2. The van der Waals surface area contributed by atoms with Crippen molar-refractivity contribution >= 4 is 22.5 Å². The molecule has 0 radical (unpaired) electrons. The molecule has 37 heavy (non-hydrogen) atoms. The van der Waals surface area contributed by atoms with Gasteiger partial charge >= 0.3 is 0 Å². The molecule has 0 unspecified atom stereocenters. The van der Waals surface area contributed by atoms with Gasteiger partial charge in [-0.05, 0) is 55.9 Å². The number of amides is 1. The number of carbonyl (C=O) groups excluding carboxylic acids is 1. The Balaban J connectivity index is 1.51. The average Bonchev–Trinajstić information content (AvgIpc) is 3.45. The quantitative estimate of drug-likeness (QED) is 0.262. The molecular formula is C31H40N4O2. The number of nitrogens with zero attached hydrogens (tertiary/aromatic N) is 2. The second-order valence-corrected chi connectivity index (χ2v) is 11.8. The highest BCUT2D eigenvalue weighted by Gasteiger charge is 2.31. The van der Waals surface area contributed by atoms with E-state index in [0.717, 1.165) is 46.4 Å². The number of hydrogen-bond donors (Lipinski definition) is 2. The van der Waals surface area contributed by atoms with Crippen LogP contribution in [-0.2, 0) is 29.0 Å². The maximum atomic E-state index is 13.4. The second kappa shape index (κ2) is 10.5. The molecule has 0 bridgehead atoms. The van der Waals surface area contributed by atoms with E-state index in [-0.39, 0.29) is 11.3 Å². The van der Waals surface area contributed by atoms with Crippen LogP contribution in [0.5, 0.6) is 0 Å². The molecule has 6 heteroatoms. The summed E-state index contributed by atoms with van der Waals surface area (Å²) >= 11 is 0. The lowest BCUT2D eigenvalue weighted by molar-refractivity contribution is -0.129. The van der Waals surface area contributed by atoms with Gasteiger partial charge in [-0.1, -0.05) is 64.1 Å². The van der Waals surface area contributed by atoms with Gasteiger partial charge in [-0.3, -0.25) is 9.89 Å². The summed E-state index contributed by atoms with van der Waals surface area (Å²) in [5, 5.41) is 9.04. The fourth-order valence-electron chi connectivity index (χ4n) is 4.76. The molecule has 196 valence electrons. The van der Waals surface area contributed by atoms with Gasteiger partial charge in [0, 0.05) is 34.9 Å². The molecule has 0 aliphatic heterocycles. The first kappa shape index (κ1) is 26.7. The van der Waals surface area contributed by atoms with E-state index in [4.69, 9.17) is 4.74 Å². The van der Waals surface area contributed by atoms with E-state index >= 15 is 0 Å². The molecule has 0 atom stereocenters. The number of aromatic amines is 2. The molecule has 2 aromatic heterocycles. The zero-order valence-electron chi connectivity index (χ0n) is 23.2. The third kappa shape index (κ3) is 6.13. The molecule has 0 fully saturated rings. The van der Waals surface area contributed by atoms with Crippen LogP contribution in [0.3, 0.4) is 0 Å². The maximum absolute atomic E-state index is 13.4. The fourth-order valence-corrected chi connectivity index (χ4v) is 4.76. The van der Waals surface area contributed by atoms with Gasteiger partial charge < -0.3 is 14.6 Å². The largest absolute Gasteiger partial charge is 0.376 e. The van der Waals surface area contributed by atoms with Crippen LogP contribution in [0.25, 0.3) is 22.3 Å². The van der Waals surface area contributed by atoms with E-state index in [0.29, 0.717) is 13.2 Å². The molecular weight excluding hydrogens is 460 g/mol. The standard InChI is InChI=1S/C31H40N4O2/c1-8-24-27(18-30(2,3)4)33-34-28(24)26-16-22-14-15-23(17-25(22)32-26)35(7)29(36)31(5,6)20-37-19-21-12-10-9-11-13-21/h9-17,32H,8,18-20H2,1-7H3,(H,33,34). The Morgan fingerprint density at radius 3 is 2.43 bits per heavy atom. The summed E-state index contributed by atoms with van der Waals surface area (Å²) in [5.41, 5.74) is 6.86. The molecule has 0 spiro atoms. The Kier molecular flexibility index (Phi) is 7.60. The van der Waals surface area contributed by atoms with Gasteiger partial charge in [-0.15, -0.1) is 0 Å². The van der Waals surface area contributed by atoms with Crippen LogP contribution in [0.1, 0.15) is 58.4 Å². The van der Waals surface area contributed by atoms with Gasteiger partial charge in [0.15, 0.2) is 0 Å². The predicted molar refractivity (Wildman–Crippen MR) is 152 cm³/mol. The summed E-state index contributed by atoms with van der Waals surface area (Å²) in [5.74, 6) is 0.0130. The Morgan fingerprint density at radius 2 is 1.76 bits per heavy atom. The van der Waals surface area contributed by atoms with Gasteiger partial charge in [0.25, 0.3) is 0 Å². The van der Waals surface area contributed by atoms with Gasteiger partial charge in [0.05, 0.1) is 24.3 Å². The molecule has 0 aliphatic rings. The Hall–Kier alpha value is -3.38. The van der Waals surface area contributed by atoms with Crippen molar-refractivity contribution in [2.24, 2.45) is 10.8 Å². The minimum atomic E-state index is -0.659. The smallest absolute Gasteiger partial charge is 0.234 e. The Bertz CT molecular complexity index is 1360. The number of H-pyrrole nitrogens is 2. The van der Waals surface area contributed by atoms with Crippen molar-refractivity contribution in [3.8, 4) is 11.4 Å². The summed E-state index contributed by atoms with van der Waals surface area (Å²) in [4.78, 5) is 18.7. The minimum absolute atomic E-state index is 0.0130. The zero-order chi connectivity index (χ0) is 26.8. The van der Waals surface area contributed by atoms with Gasteiger partial charge in [-0.2, -0.15) is 5.10 Å². The van der Waals surface area contributed by atoms with Gasteiger partial charge in [-0.25, -0.2) is 0 Å². The van der Waals surface area contributed by atoms with Crippen LogP contribution >= 0.6 is 0 Å². The van der Waals surface area contributed by atoms with Crippen LogP contribution in [-0.4, -0.2) is 34.7 Å². The van der Waals surface area contributed by atoms with Crippen LogP contribution in [0.4, 0.5) is 5.69 Å². The van der Waals surface area contributed by atoms with Crippen molar-refractivity contribution in [3.05, 3.63) is 71.4 Å². The van der Waals surface area contributed by atoms with E-state index in [9.17, 15) is 4.79 Å². The summed E-state index contributed by atoms with van der Waals surface area (Å²) in [6.07, 6.45) is 1.86. The maximum Gasteiger partial charge on any atom is 0.234 e. The highest BCUT2D eigenvalue weighted by Crippen LogP contribution is 2.32. The van der Waals surface area contributed by atoms with Crippen LogP contribution < -0.4 is 4.90 Å². The lowest BCUT2D eigenvalue weighted by atomic mass is 9.88. The highest BCUT2D eigenvalue weighted by molar-refractivity contribution is 5.99. The van der Waals surface area contributed by atoms with Gasteiger partial charge in [0.2, 0.25) is 5.91 Å². The predicted octanol–water partition coefficient (Wildman–Crippen LogP) is 6.91. The molecule has 0 aliphatic carbocycles. The number of carbonyl (C=O) groups is 1. The van der Waals surface area contributed by atoms with Crippen molar-refractivity contribution in [1.82, 2.24) is 15.2 Å². The third-order valence-corrected chi connectivity index (χ3v) is 6.72. The first-order chi connectivity index (χ1) is 17.5. The van der Waals surface area contributed by atoms with Crippen molar-refractivity contribution in [1.29, 1.82) is 0 Å². The average molecular weight is 501 g/mol. The number of rotatable bonds is 9. The monoisotopic (exact) mass is 500 g/mol. The van der Waals surface area contributed by atoms with E-state index in [1.165, 1.54) is 11.3 Å². The number of anilines is 1. The number of fused-ring (bicyclic) bond motifs is 1. The molecule has 1 amide bonds. The van der Waals surface area contributed by atoms with E-state index < -0.39 is 5.41 Å². The molecule has 2 aromatic carbocycles. The first-order valence-electron chi connectivity index (χ1n) is 13.1. The summed E-state index contributed by atoms with van der Waals surface area (Å²) in [7, 11) is 1.83. The van der Waals surface area contributed by atoms with Crippen LogP contribution in [0.2, 0.25) is 0 Å². The molecule has 6 nitrogen and oxygen atoms in total. The summed E-state index contributed by atoms with van der Waals surface area (Å²) < 4.78 is 5.90. The van der Waals surface area contributed by atoms with Crippen molar-refractivity contribution < 1.29 is 9.53 Å². The number of nitrogens with one attached hydrogen (secondary N) is 2. The van der Waals surface area contributed by atoms with Crippen molar-refractivity contribution in [3.63, 3.8) is 0 Å². The van der Waals surface area contributed by atoms with E-state index in [1.54, 1.807) is 4.90 Å². The van der Waals surface area contributed by atoms with Crippen LogP contribution in [0.15, 0.2) is 54.6 Å². The normalized spacial score (nSPS) is 12.3. The first-order valence-corrected chi connectivity index (χ1v) is 13.1. The molecule has 2 N–H and O–H groups in total. The number of ether oxygens (including phenoxy) is 1. The van der Waals surface area contributed by atoms with Gasteiger partial charge in [0.1, 0.15) is 5.69 Å². The zero-order valence-corrected chi connectivity index (χ0v) is 23.2. The fraction of sp³-hybridized carbons (Fsp3) is 0.419. The highest BCUT2D eigenvalue weighted by atomic mass is 16.5. The molecule has 2 heterocycles. The van der Waals surface area contributed by atoms with Crippen molar-refractivity contribution in [2.75, 3.05) is 18.6 Å². The molecule has 0 saturated carbocycles. The Labute approximate surface area is 220 Å². The van der Waals surface area contributed by atoms with E-state index in [2.05, 4.69) is 55.0 Å². The van der Waals surface area contributed by atoms with Crippen molar-refractivity contribution in [2.45, 2.75) is 61.0 Å². The lowest BCUT2D eigenvalue weighted by Gasteiger charge is -2.29. The minimum Gasteiger partial charge on any atom is -0.376 e. The topological polar surface area (TPSA) is 74.0 Å². The summed E-state index contributed by atoms with van der Waals surface area (Å²) in [6, 6.07) is 18.2. The summed E-state index contributed by atoms with van der Waals surface area (Å²) in [6.45, 7) is 13.6. The molecule has 0 saturated heterocycles. The van der Waals surface area contributed by atoms with Crippen LogP contribution in [0, 0.1) is 10.8 Å². The second-order valence-electron chi connectivity index (χ2n) is 11.8. The lowest BCUT2D eigenvalue weighted by Crippen LogP contribution is -2.41. The Morgan fingerprint density at radius 1 is 1.03 bits per heavy atom.